The van der Waals surface area contributed by atoms with Gasteiger partial charge in [-0.2, -0.15) is 0 Å². The summed E-state index contributed by atoms with van der Waals surface area (Å²) in [5.74, 6) is 8.64. The van der Waals surface area contributed by atoms with Gasteiger partial charge in [0.05, 0.1) is 26.4 Å². The monoisotopic (exact) mass is 360 g/mol. The van der Waals surface area contributed by atoms with E-state index in [9.17, 15) is 0 Å². The quantitative estimate of drug-likeness (QED) is 0.720. The highest BCUT2D eigenvalue weighted by Gasteiger charge is 2.10. The summed E-state index contributed by atoms with van der Waals surface area (Å²) in [7, 11) is 4.83. The van der Waals surface area contributed by atoms with Crippen molar-refractivity contribution in [1.29, 1.82) is 0 Å². The molecule has 0 aliphatic heterocycles. The van der Waals surface area contributed by atoms with Crippen LogP contribution in [-0.2, 0) is 6.42 Å². The van der Waals surface area contributed by atoms with Gasteiger partial charge in [-0.3, -0.25) is 0 Å². The number of benzene rings is 2. The normalized spacial score (nSPS) is 9.80. The van der Waals surface area contributed by atoms with Crippen molar-refractivity contribution in [2.24, 2.45) is 0 Å². The van der Waals surface area contributed by atoms with Crippen molar-refractivity contribution >= 4 is 11.6 Å². The van der Waals surface area contributed by atoms with Gasteiger partial charge in [0.25, 0.3) is 0 Å². The van der Waals surface area contributed by atoms with Gasteiger partial charge in [0, 0.05) is 12.5 Å². The summed E-state index contributed by atoms with van der Waals surface area (Å²) >= 11 is 6.21. The van der Waals surface area contributed by atoms with Crippen LogP contribution in [0.2, 0.25) is 5.02 Å². The van der Waals surface area contributed by atoms with Gasteiger partial charge in [-0.05, 0) is 42.3 Å². The van der Waals surface area contributed by atoms with Crippen molar-refractivity contribution in [3.8, 4) is 34.8 Å². The fourth-order valence-corrected chi connectivity index (χ4v) is 2.60. The summed E-state index contributed by atoms with van der Waals surface area (Å²) in [5, 5.41) is 0.510. The molecule has 0 amide bonds. The van der Waals surface area contributed by atoms with E-state index in [4.69, 9.17) is 30.5 Å². The van der Waals surface area contributed by atoms with Crippen LogP contribution < -0.4 is 18.9 Å². The molecule has 0 bridgehead atoms. The minimum absolute atomic E-state index is 0.222. The molecule has 0 fully saturated rings. The topological polar surface area (TPSA) is 36.9 Å². The Morgan fingerprint density at radius 3 is 2.16 bits per heavy atom. The van der Waals surface area contributed by atoms with Crippen molar-refractivity contribution in [3.05, 3.63) is 46.5 Å². The SMILES string of the molecule is COc1cc(CC#CCOc2c(Cl)cc(C)cc2OC)cc(OC)c1. The summed E-state index contributed by atoms with van der Waals surface area (Å²) in [6, 6.07) is 9.38. The maximum absolute atomic E-state index is 6.21. The van der Waals surface area contributed by atoms with Gasteiger partial charge in [-0.25, -0.2) is 0 Å². The molecule has 0 N–H and O–H groups in total. The van der Waals surface area contributed by atoms with Gasteiger partial charge in [0.15, 0.2) is 11.5 Å². The maximum Gasteiger partial charge on any atom is 0.181 e. The third-order valence-electron chi connectivity index (χ3n) is 3.49. The van der Waals surface area contributed by atoms with E-state index in [1.54, 1.807) is 21.3 Å². The molecule has 2 aromatic carbocycles. The second-order valence-electron chi connectivity index (χ2n) is 5.32. The zero-order valence-corrected chi connectivity index (χ0v) is 15.6. The van der Waals surface area contributed by atoms with Gasteiger partial charge < -0.3 is 18.9 Å². The molecule has 0 saturated carbocycles. The van der Waals surface area contributed by atoms with Crippen LogP contribution >= 0.6 is 11.6 Å². The van der Waals surface area contributed by atoms with Gasteiger partial charge in [-0.1, -0.05) is 23.4 Å². The Morgan fingerprint density at radius 2 is 1.56 bits per heavy atom. The van der Waals surface area contributed by atoms with Crippen molar-refractivity contribution < 1.29 is 18.9 Å². The summed E-state index contributed by atoms with van der Waals surface area (Å²) in [5.41, 5.74) is 2.02. The lowest BCUT2D eigenvalue weighted by Crippen LogP contribution is -1.98. The second-order valence-corrected chi connectivity index (χ2v) is 5.73. The molecular weight excluding hydrogens is 340 g/mol. The van der Waals surface area contributed by atoms with Crippen molar-refractivity contribution in [3.63, 3.8) is 0 Å². The Bertz CT molecular complexity index is 768. The third kappa shape index (κ3) is 5.23. The first-order chi connectivity index (χ1) is 12.1. The predicted molar refractivity (Wildman–Crippen MR) is 99.3 cm³/mol. The number of hydrogen-bond donors (Lipinski definition) is 0. The van der Waals surface area contributed by atoms with E-state index < -0.39 is 0 Å². The van der Waals surface area contributed by atoms with Crippen molar-refractivity contribution in [2.45, 2.75) is 13.3 Å². The van der Waals surface area contributed by atoms with Crippen LogP contribution in [-0.4, -0.2) is 27.9 Å². The lowest BCUT2D eigenvalue weighted by atomic mass is 10.1. The summed E-state index contributed by atoms with van der Waals surface area (Å²) in [6.07, 6.45) is 0.565. The van der Waals surface area contributed by atoms with E-state index in [1.807, 2.05) is 37.3 Å². The third-order valence-corrected chi connectivity index (χ3v) is 3.77. The molecule has 0 aromatic heterocycles. The molecule has 2 aromatic rings. The van der Waals surface area contributed by atoms with E-state index in [0.717, 1.165) is 22.6 Å². The lowest BCUT2D eigenvalue weighted by molar-refractivity contribution is 0.331. The number of aryl methyl sites for hydroxylation is 1. The first-order valence-electron chi connectivity index (χ1n) is 7.72. The molecule has 0 heterocycles. The zero-order valence-electron chi connectivity index (χ0n) is 14.8. The Kier molecular flexibility index (Phi) is 6.85. The summed E-state index contributed by atoms with van der Waals surface area (Å²) in [6.45, 7) is 2.17. The highest BCUT2D eigenvalue weighted by atomic mass is 35.5. The van der Waals surface area contributed by atoms with Gasteiger partial charge in [0.1, 0.15) is 18.1 Å². The fraction of sp³-hybridized carbons (Fsp3) is 0.300. The largest absolute Gasteiger partial charge is 0.497 e. The first kappa shape index (κ1) is 18.8. The van der Waals surface area contributed by atoms with E-state index in [2.05, 4.69) is 11.8 Å². The van der Waals surface area contributed by atoms with Gasteiger partial charge in [0.2, 0.25) is 0 Å². The minimum Gasteiger partial charge on any atom is -0.497 e. The molecule has 2 rings (SSSR count). The minimum atomic E-state index is 0.222. The van der Waals surface area contributed by atoms with E-state index in [-0.39, 0.29) is 6.61 Å². The number of rotatable bonds is 6. The highest BCUT2D eigenvalue weighted by Crippen LogP contribution is 2.36. The van der Waals surface area contributed by atoms with Crippen LogP contribution in [0.15, 0.2) is 30.3 Å². The standard InChI is InChI=1S/C20H21ClO4/c1-14-9-18(21)20(19(10-14)24-4)25-8-6-5-7-15-11-16(22-2)13-17(12-15)23-3/h9-13H,7-8H2,1-4H3. The summed E-state index contributed by atoms with van der Waals surface area (Å²) < 4.78 is 21.5. The molecule has 0 saturated heterocycles. The van der Waals surface area contributed by atoms with Gasteiger partial charge >= 0.3 is 0 Å². The molecule has 0 unspecified atom stereocenters. The molecule has 132 valence electrons. The Balaban J connectivity index is 2.00. The Morgan fingerprint density at radius 1 is 0.880 bits per heavy atom. The van der Waals surface area contributed by atoms with Crippen LogP contribution in [0, 0.1) is 18.8 Å². The molecule has 4 nitrogen and oxygen atoms in total. The maximum atomic E-state index is 6.21. The van der Waals surface area contributed by atoms with Crippen LogP contribution in [0.1, 0.15) is 11.1 Å². The number of halogens is 1. The van der Waals surface area contributed by atoms with E-state index in [1.165, 1.54) is 0 Å². The smallest absolute Gasteiger partial charge is 0.181 e. The average Bonchev–Trinajstić information content (AvgIpc) is 2.62. The molecule has 0 atom stereocenters. The van der Waals surface area contributed by atoms with Crippen molar-refractivity contribution in [1.82, 2.24) is 0 Å². The molecule has 0 spiro atoms. The van der Waals surface area contributed by atoms with Gasteiger partial charge in [-0.15, -0.1) is 0 Å². The molecule has 5 heteroatoms. The zero-order chi connectivity index (χ0) is 18.2. The first-order valence-corrected chi connectivity index (χ1v) is 8.09. The molecule has 0 aliphatic carbocycles. The second kappa shape index (κ2) is 9.10. The average molecular weight is 361 g/mol. The molecule has 25 heavy (non-hydrogen) atoms. The fourth-order valence-electron chi connectivity index (χ4n) is 2.28. The highest BCUT2D eigenvalue weighted by molar-refractivity contribution is 6.32. The van der Waals surface area contributed by atoms with Crippen LogP contribution in [0.25, 0.3) is 0 Å². The van der Waals surface area contributed by atoms with Crippen LogP contribution in [0.5, 0.6) is 23.0 Å². The Labute approximate surface area is 153 Å². The predicted octanol–water partition coefficient (Wildman–Crippen LogP) is 4.30. The number of methoxy groups -OCH3 is 3. The van der Waals surface area contributed by atoms with Crippen LogP contribution in [0.4, 0.5) is 0 Å². The molecule has 0 radical (unpaired) electrons. The molecular formula is C20H21ClO4. The van der Waals surface area contributed by atoms with Crippen LogP contribution in [0.3, 0.4) is 0 Å². The van der Waals surface area contributed by atoms with Crippen molar-refractivity contribution in [2.75, 3.05) is 27.9 Å². The Hall–Kier alpha value is -2.51. The lowest BCUT2D eigenvalue weighted by Gasteiger charge is -2.11. The number of ether oxygens (including phenoxy) is 4. The number of hydrogen-bond acceptors (Lipinski definition) is 4. The molecule has 0 aliphatic rings. The van der Waals surface area contributed by atoms with E-state index >= 15 is 0 Å². The van der Waals surface area contributed by atoms with E-state index in [0.29, 0.717) is 22.9 Å². The summed E-state index contributed by atoms with van der Waals surface area (Å²) in [4.78, 5) is 0.